The molecule has 14 heavy (non-hydrogen) atoms. The molecule has 0 bridgehead atoms. The van der Waals surface area contributed by atoms with Gasteiger partial charge in [-0.1, -0.05) is 6.07 Å². The highest BCUT2D eigenvalue weighted by molar-refractivity contribution is 5.26. The zero-order valence-corrected chi connectivity index (χ0v) is 8.70. The fourth-order valence-electron chi connectivity index (χ4n) is 1.34. The molecular formula is C11H15F2N. The first-order valence-electron chi connectivity index (χ1n) is 4.53. The van der Waals surface area contributed by atoms with E-state index in [0.29, 0.717) is 17.5 Å². The predicted molar refractivity (Wildman–Crippen MR) is 53.1 cm³/mol. The standard InChI is InChI=1S/C11H15F2N/c1-7-4-8(6-11(2,3)14)10(13)5-9(7)12/h4-5H,6,14H2,1-3H3. The number of hydrogen-bond donors (Lipinski definition) is 1. The van der Waals surface area contributed by atoms with E-state index in [2.05, 4.69) is 0 Å². The average molecular weight is 199 g/mol. The molecule has 0 aliphatic rings. The van der Waals surface area contributed by atoms with E-state index >= 15 is 0 Å². The van der Waals surface area contributed by atoms with E-state index in [4.69, 9.17) is 5.73 Å². The molecule has 0 aliphatic heterocycles. The lowest BCUT2D eigenvalue weighted by Crippen LogP contribution is -2.34. The van der Waals surface area contributed by atoms with Crippen LogP contribution in [0.3, 0.4) is 0 Å². The van der Waals surface area contributed by atoms with Crippen molar-refractivity contribution in [3.63, 3.8) is 0 Å². The molecule has 0 unspecified atom stereocenters. The van der Waals surface area contributed by atoms with Crippen molar-refractivity contribution in [2.75, 3.05) is 0 Å². The van der Waals surface area contributed by atoms with Crippen LogP contribution in [-0.2, 0) is 6.42 Å². The third-order valence-corrected chi connectivity index (χ3v) is 1.97. The SMILES string of the molecule is Cc1cc(CC(C)(C)N)c(F)cc1F. The Morgan fingerprint density at radius 1 is 1.21 bits per heavy atom. The second kappa shape index (κ2) is 3.65. The van der Waals surface area contributed by atoms with Gasteiger partial charge in [0.2, 0.25) is 0 Å². The van der Waals surface area contributed by atoms with Crippen LogP contribution in [-0.4, -0.2) is 5.54 Å². The fourth-order valence-corrected chi connectivity index (χ4v) is 1.34. The zero-order valence-electron chi connectivity index (χ0n) is 8.70. The van der Waals surface area contributed by atoms with Gasteiger partial charge in [-0.3, -0.25) is 0 Å². The van der Waals surface area contributed by atoms with E-state index in [9.17, 15) is 8.78 Å². The Morgan fingerprint density at radius 2 is 1.79 bits per heavy atom. The molecule has 0 aromatic heterocycles. The van der Waals surface area contributed by atoms with Crippen molar-refractivity contribution in [3.05, 3.63) is 34.9 Å². The Balaban J connectivity index is 3.04. The smallest absolute Gasteiger partial charge is 0.129 e. The lowest BCUT2D eigenvalue weighted by Gasteiger charge is -2.19. The van der Waals surface area contributed by atoms with Gasteiger partial charge in [-0.2, -0.15) is 0 Å². The van der Waals surface area contributed by atoms with Crippen LogP contribution in [0.2, 0.25) is 0 Å². The predicted octanol–water partition coefficient (Wildman–Crippen LogP) is 2.55. The van der Waals surface area contributed by atoms with Gasteiger partial charge in [0.05, 0.1) is 0 Å². The van der Waals surface area contributed by atoms with Gasteiger partial charge in [-0.05, 0) is 38.3 Å². The first-order chi connectivity index (χ1) is 6.29. The molecule has 1 aromatic carbocycles. The van der Waals surface area contributed by atoms with Crippen LogP contribution in [0.15, 0.2) is 12.1 Å². The normalized spacial score (nSPS) is 11.9. The summed E-state index contributed by atoms with van der Waals surface area (Å²) in [6, 6.07) is 2.43. The second-order valence-electron chi connectivity index (χ2n) is 4.36. The fraction of sp³-hybridized carbons (Fsp3) is 0.455. The van der Waals surface area contributed by atoms with Gasteiger partial charge in [-0.15, -0.1) is 0 Å². The first-order valence-corrected chi connectivity index (χ1v) is 4.53. The average Bonchev–Trinajstić information content (AvgIpc) is 1.97. The molecule has 0 radical (unpaired) electrons. The summed E-state index contributed by atoms with van der Waals surface area (Å²) in [5.41, 5.74) is 6.20. The van der Waals surface area contributed by atoms with Gasteiger partial charge >= 0.3 is 0 Å². The van der Waals surface area contributed by atoms with Crippen molar-refractivity contribution in [3.8, 4) is 0 Å². The highest BCUT2D eigenvalue weighted by Crippen LogP contribution is 2.18. The first kappa shape index (κ1) is 11.1. The Labute approximate surface area is 82.9 Å². The molecule has 0 aliphatic carbocycles. The molecule has 0 heterocycles. The molecule has 1 nitrogen and oxygen atoms in total. The summed E-state index contributed by atoms with van der Waals surface area (Å²) in [5.74, 6) is -1.03. The summed E-state index contributed by atoms with van der Waals surface area (Å²) in [6.07, 6.45) is 0.403. The third-order valence-electron chi connectivity index (χ3n) is 1.97. The maximum Gasteiger partial charge on any atom is 0.129 e. The van der Waals surface area contributed by atoms with Gasteiger partial charge < -0.3 is 5.73 Å². The molecular weight excluding hydrogens is 184 g/mol. The summed E-state index contributed by atoms with van der Waals surface area (Å²) in [6.45, 7) is 5.23. The van der Waals surface area contributed by atoms with Crippen LogP contribution >= 0.6 is 0 Å². The monoisotopic (exact) mass is 199 g/mol. The van der Waals surface area contributed by atoms with E-state index in [1.54, 1.807) is 6.92 Å². The molecule has 0 saturated carbocycles. The van der Waals surface area contributed by atoms with Gasteiger partial charge in [0.15, 0.2) is 0 Å². The van der Waals surface area contributed by atoms with Gasteiger partial charge in [-0.25, -0.2) is 8.78 Å². The maximum atomic E-state index is 13.3. The number of rotatable bonds is 2. The molecule has 0 fully saturated rings. The van der Waals surface area contributed by atoms with Crippen molar-refractivity contribution < 1.29 is 8.78 Å². The summed E-state index contributed by atoms with van der Waals surface area (Å²) >= 11 is 0. The van der Waals surface area contributed by atoms with Crippen molar-refractivity contribution in [1.82, 2.24) is 0 Å². The Kier molecular flexibility index (Phi) is 2.90. The van der Waals surface area contributed by atoms with Crippen LogP contribution in [0.1, 0.15) is 25.0 Å². The minimum absolute atomic E-state index is 0.403. The molecule has 0 atom stereocenters. The molecule has 1 rings (SSSR count). The summed E-state index contributed by atoms with van der Waals surface area (Å²) in [4.78, 5) is 0. The Hall–Kier alpha value is -0.960. The Morgan fingerprint density at radius 3 is 2.29 bits per heavy atom. The van der Waals surface area contributed by atoms with Crippen LogP contribution in [0.4, 0.5) is 8.78 Å². The topological polar surface area (TPSA) is 26.0 Å². The minimum atomic E-state index is -0.522. The van der Waals surface area contributed by atoms with E-state index in [0.717, 1.165) is 6.07 Å². The molecule has 0 spiro atoms. The van der Waals surface area contributed by atoms with Crippen molar-refractivity contribution in [1.29, 1.82) is 0 Å². The Bertz CT molecular complexity index is 340. The molecule has 78 valence electrons. The highest BCUT2D eigenvalue weighted by atomic mass is 19.1. The number of benzene rings is 1. The van der Waals surface area contributed by atoms with Crippen molar-refractivity contribution in [2.45, 2.75) is 32.7 Å². The van der Waals surface area contributed by atoms with E-state index in [1.807, 2.05) is 13.8 Å². The third kappa shape index (κ3) is 2.77. The van der Waals surface area contributed by atoms with Crippen LogP contribution < -0.4 is 5.73 Å². The quantitative estimate of drug-likeness (QED) is 0.778. The number of hydrogen-bond acceptors (Lipinski definition) is 1. The van der Waals surface area contributed by atoms with Gasteiger partial charge in [0.25, 0.3) is 0 Å². The molecule has 1 aromatic rings. The molecule has 2 N–H and O–H groups in total. The number of halogens is 2. The second-order valence-corrected chi connectivity index (χ2v) is 4.36. The van der Waals surface area contributed by atoms with Crippen LogP contribution in [0.5, 0.6) is 0 Å². The van der Waals surface area contributed by atoms with Crippen molar-refractivity contribution >= 4 is 0 Å². The number of aryl methyl sites for hydroxylation is 1. The highest BCUT2D eigenvalue weighted by Gasteiger charge is 2.16. The molecule has 0 saturated heterocycles. The van der Waals surface area contributed by atoms with Crippen LogP contribution in [0, 0.1) is 18.6 Å². The van der Waals surface area contributed by atoms with Gasteiger partial charge in [0, 0.05) is 11.6 Å². The summed E-state index contributed by atoms with van der Waals surface area (Å²) in [7, 11) is 0. The van der Waals surface area contributed by atoms with Crippen molar-refractivity contribution in [2.24, 2.45) is 5.73 Å². The maximum absolute atomic E-state index is 13.3. The molecule has 3 heteroatoms. The van der Waals surface area contributed by atoms with Gasteiger partial charge in [0.1, 0.15) is 11.6 Å². The van der Waals surface area contributed by atoms with E-state index in [-0.39, 0.29) is 0 Å². The summed E-state index contributed by atoms with van der Waals surface area (Å²) < 4.78 is 26.2. The lowest BCUT2D eigenvalue weighted by atomic mass is 9.95. The lowest BCUT2D eigenvalue weighted by molar-refractivity contribution is 0.492. The minimum Gasteiger partial charge on any atom is -0.325 e. The number of nitrogens with two attached hydrogens (primary N) is 1. The molecule has 0 amide bonds. The van der Waals surface area contributed by atoms with E-state index < -0.39 is 17.2 Å². The van der Waals surface area contributed by atoms with Crippen LogP contribution in [0.25, 0.3) is 0 Å². The summed E-state index contributed by atoms with van der Waals surface area (Å²) in [5, 5.41) is 0. The largest absolute Gasteiger partial charge is 0.325 e. The van der Waals surface area contributed by atoms with E-state index in [1.165, 1.54) is 6.07 Å². The zero-order chi connectivity index (χ0) is 10.9.